The molecular weight excluding hydrogens is 429 g/mol. The van der Waals surface area contributed by atoms with Crippen molar-refractivity contribution in [2.24, 2.45) is 7.05 Å². The van der Waals surface area contributed by atoms with E-state index in [1.165, 1.54) is 22.8 Å². The maximum absolute atomic E-state index is 13.5. The van der Waals surface area contributed by atoms with E-state index >= 15 is 0 Å². The van der Waals surface area contributed by atoms with Crippen LogP contribution in [0.2, 0.25) is 0 Å². The molecule has 1 fully saturated rings. The number of ketones is 1. The molecule has 0 saturated carbocycles. The third-order valence-corrected chi connectivity index (χ3v) is 5.83. The molecule has 2 heterocycles. The van der Waals surface area contributed by atoms with Gasteiger partial charge in [-0.25, -0.2) is 4.39 Å². The van der Waals surface area contributed by atoms with Crippen LogP contribution in [0.15, 0.2) is 18.2 Å². The summed E-state index contributed by atoms with van der Waals surface area (Å²) in [6.45, 7) is 7.05. The molecule has 1 aliphatic rings. The van der Waals surface area contributed by atoms with Crippen LogP contribution in [-0.4, -0.2) is 65.7 Å². The number of nitrogens with one attached hydrogen (secondary N) is 3. The summed E-state index contributed by atoms with van der Waals surface area (Å²) in [4.78, 5) is 51.6. The second-order valence-electron chi connectivity index (χ2n) is 8.12. The van der Waals surface area contributed by atoms with Crippen LogP contribution in [0.4, 0.5) is 10.1 Å². The monoisotopic (exact) mass is 457 g/mol. The molecule has 3 rings (SSSR count). The van der Waals surface area contributed by atoms with Gasteiger partial charge in [0.25, 0.3) is 17.6 Å². The predicted molar refractivity (Wildman–Crippen MR) is 121 cm³/mol. The van der Waals surface area contributed by atoms with Crippen molar-refractivity contribution >= 4 is 29.2 Å². The third-order valence-electron chi connectivity index (χ3n) is 5.83. The van der Waals surface area contributed by atoms with Gasteiger partial charge in [0, 0.05) is 44.6 Å². The highest BCUT2D eigenvalue weighted by atomic mass is 19.1. The van der Waals surface area contributed by atoms with E-state index in [0.29, 0.717) is 42.1 Å². The minimum Gasteiger partial charge on any atom is -0.354 e. The number of amides is 3. The highest BCUT2D eigenvalue weighted by Crippen LogP contribution is 2.23. The van der Waals surface area contributed by atoms with Crippen molar-refractivity contribution in [3.05, 3.63) is 52.1 Å². The van der Waals surface area contributed by atoms with E-state index in [-0.39, 0.29) is 36.1 Å². The number of hydrogen-bond donors (Lipinski definition) is 3. The molecule has 1 saturated heterocycles. The summed E-state index contributed by atoms with van der Waals surface area (Å²) in [5, 5.41) is 8.04. The van der Waals surface area contributed by atoms with E-state index in [1.54, 1.807) is 27.8 Å². The number of rotatable bonds is 7. The zero-order chi connectivity index (χ0) is 24.3. The lowest BCUT2D eigenvalue weighted by atomic mass is 10.1. The first-order valence-electron chi connectivity index (χ1n) is 10.6. The molecule has 0 unspecified atom stereocenters. The lowest BCUT2D eigenvalue weighted by molar-refractivity contribution is -0.124. The Hall–Kier alpha value is -3.53. The molecule has 33 heavy (non-hydrogen) atoms. The number of Topliss-reactive ketones (excluding diaryl/α,β-unsaturated/α-hetero) is 1. The lowest BCUT2D eigenvalue weighted by Crippen LogP contribution is -2.49. The summed E-state index contributed by atoms with van der Waals surface area (Å²) in [6.07, 6.45) is 0. The molecule has 0 atom stereocenters. The van der Waals surface area contributed by atoms with E-state index in [1.807, 2.05) is 4.90 Å². The van der Waals surface area contributed by atoms with Gasteiger partial charge in [-0.15, -0.1) is 0 Å². The molecule has 3 N–H and O–H groups in total. The number of carbonyl (C=O) groups is 4. The molecular formula is C23H28FN5O4. The predicted octanol–water partition coefficient (Wildman–Crippen LogP) is 1.07. The number of nitrogens with zero attached hydrogens (tertiary/aromatic N) is 2. The SMILES string of the molecule is Cc1cc(NC(=O)c2c(C)c(C(=O)C(=O)NCCN3CCNC(=O)C3)n(C)c2C)ccc1F. The van der Waals surface area contributed by atoms with Crippen LogP contribution >= 0.6 is 0 Å². The summed E-state index contributed by atoms with van der Waals surface area (Å²) in [6, 6.07) is 4.25. The molecule has 0 aliphatic carbocycles. The third kappa shape index (κ3) is 5.28. The summed E-state index contributed by atoms with van der Waals surface area (Å²) in [7, 11) is 1.62. The molecule has 3 amide bonds. The molecule has 1 aromatic carbocycles. The minimum absolute atomic E-state index is 0.0693. The molecule has 2 aromatic rings. The normalized spacial score (nSPS) is 14.0. The van der Waals surface area contributed by atoms with Gasteiger partial charge in [-0.05, 0) is 50.1 Å². The van der Waals surface area contributed by atoms with Crippen LogP contribution in [0.25, 0.3) is 0 Å². The fourth-order valence-electron chi connectivity index (χ4n) is 3.95. The van der Waals surface area contributed by atoms with Crippen molar-refractivity contribution in [3.8, 4) is 0 Å². The number of halogens is 1. The summed E-state index contributed by atoms with van der Waals surface area (Å²) < 4.78 is 15.0. The van der Waals surface area contributed by atoms with Gasteiger partial charge >= 0.3 is 0 Å². The Morgan fingerprint density at radius 2 is 1.91 bits per heavy atom. The number of aromatic nitrogens is 1. The largest absolute Gasteiger partial charge is 0.354 e. The van der Waals surface area contributed by atoms with Gasteiger partial charge in [0.15, 0.2) is 0 Å². The van der Waals surface area contributed by atoms with Crippen molar-refractivity contribution in [2.75, 3.05) is 38.0 Å². The zero-order valence-corrected chi connectivity index (χ0v) is 19.2. The summed E-state index contributed by atoms with van der Waals surface area (Å²) in [5.74, 6) is -2.41. The second kappa shape index (κ2) is 9.95. The first kappa shape index (κ1) is 24.1. The summed E-state index contributed by atoms with van der Waals surface area (Å²) in [5.41, 5.74) is 2.15. The van der Waals surface area contributed by atoms with Crippen molar-refractivity contribution in [2.45, 2.75) is 20.8 Å². The Morgan fingerprint density at radius 3 is 2.58 bits per heavy atom. The number of piperazine rings is 1. The van der Waals surface area contributed by atoms with E-state index in [0.717, 1.165) is 0 Å². The minimum atomic E-state index is -0.777. The van der Waals surface area contributed by atoms with Crippen molar-refractivity contribution in [3.63, 3.8) is 0 Å². The van der Waals surface area contributed by atoms with Crippen LogP contribution in [-0.2, 0) is 16.6 Å². The Balaban J connectivity index is 1.70. The zero-order valence-electron chi connectivity index (χ0n) is 19.2. The maximum atomic E-state index is 13.5. The number of benzene rings is 1. The first-order valence-corrected chi connectivity index (χ1v) is 10.6. The van der Waals surface area contributed by atoms with Crippen molar-refractivity contribution in [1.29, 1.82) is 0 Å². The number of carbonyl (C=O) groups excluding carboxylic acids is 4. The van der Waals surface area contributed by atoms with Gasteiger partial charge in [0.2, 0.25) is 5.91 Å². The van der Waals surface area contributed by atoms with E-state index < -0.39 is 17.6 Å². The smallest absolute Gasteiger partial charge is 0.294 e. The van der Waals surface area contributed by atoms with Gasteiger partial charge in [-0.2, -0.15) is 0 Å². The highest BCUT2D eigenvalue weighted by molar-refractivity contribution is 6.43. The Bertz CT molecular complexity index is 1120. The number of anilines is 1. The molecule has 1 aromatic heterocycles. The van der Waals surface area contributed by atoms with Gasteiger partial charge in [-0.1, -0.05) is 0 Å². The molecule has 1 aliphatic heterocycles. The van der Waals surface area contributed by atoms with Crippen LogP contribution in [0.5, 0.6) is 0 Å². The first-order chi connectivity index (χ1) is 15.6. The maximum Gasteiger partial charge on any atom is 0.294 e. The van der Waals surface area contributed by atoms with Crippen LogP contribution < -0.4 is 16.0 Å². The standard InChI is InChI=1S/C23H28FN5O4/c1-13-11-16(5-6-17(13)24)27-22(32)19-14(2)20(28(4)15(19)3)21(31)23(33)26-8-10-29-9-7-25-18(30)12-29/h5-6,11H,7-10,12H2,1-4H3,(H,25,30)(H,26,33)(H,27,32). The van der Waals surface area contributed by atoms with E-state index in [2.05, 4.69) is 16.0 Å². The fourth-order valence-corrected chi connectivity index (χ4v) is 3.95. The molecule has 176 valence electrons. The number of hydrogen-bond acceptors (Lipinski definition) is 5. The quantitative estimate of drug-likeness (QED) is 0.425. The van der Waals surface area contributed by atoms with Gasteiger partial charge < -0.3 is 20.5 Å². The lowest BCUT2D eigenvalue weighted by Gasteiger charge is -2.26. The van der Waals surface area contributed by atoms with Gasteiger partial charge in [-0.3, -0.25) is 24.1 Å². The van der Waals surface area contributed by atoms with Crippen molar-refractivity contribution < 1.29 is 23.6 Å². The topological polar surface area (TPSA) is 113 Å². The molecule has 0 radical (unpaired) electrons. The Kier molecular flexibility index (Phi) is 7.27. The van der Waals surface area contributed by atoms with Crippen LogP contribution in [0.3, 0.4) is 0 Å². The second-order valence-corrected chi connectivity index (χ2v) is 8.12. The van der Waals surface area contributed by atoms with Gasteiger partial charge in [0.1, 0.15) is 5.82 Å². The molecule has 0 bridgehead atoms. The average molecular weight is 458 g/mol. The average Bonchev–Trinajstić information content (AvgIpc) is 2.98. The highest BCUT2D eigenvalue weighted by Gasteiger charge is 2.28. The Labute approximate surface area is 191 Å². The summed E-state index contributed by atoms with van der Waals surface area (Å²) >= 11 is 0. The van der Waals surface area contributed by atoms with Crippen molar-refractivity contribution in [1.82, 2.24) is 20.1 Å². The molecule has 10 heteroatoms. The Morgan fingerprint density at radius 1 is 1.18 bits per heavy atom. The van der Waals surface area contributed by atoms with E-state index in [9.17, 15) is 23.6 Å². The van der Waals surface area contributed by atoms with Crippen LogP contribution in [0.1, 0.15) is 37.7 Å². The fraction of sp³-hybridized carbons (Fsp3) is 0.391. The molecule has 0 spiro atoms. The van der Waals surface area contributed by atoms with Gasteiger partial charge in [0.05, 0.1) is 17.8 Å². The molecule has 9 nitrogen and oxygen atoms in total. The number of aryl methyl sites for hydroxylation is 1. The van der Waals surface area contributed by atoms with E-state index in [4.69, 9.17) is 0 Å². The van der Waals surface area contributed by atoms with Crippen LogP contribution in [0, 0.1) is 26.6 Å².